The van der Waals surface area contributed by atoms with Crippen LogP contribution >= 0.6 is 15.6 Å². The average molecular weight is 532 g/mol. The number of aromatic nitrogens is 4. The van der Waals surface area contributed by atoms with Gasteiger partial charge in [-0.05, 0) is 11.1 Å². The molecule has 0 amide bonds. The summed E-state index contributed by atoms with van der Waals surface area (Å²) in [6.07, 6.45) is 0.113. The van der Waals surface area contributed by atoms with Crippen molar-refractivity contribution < 1.29 is 52.3 Å². The van der Waals surface area contributed by atoms with Crippen molar-refractivity contribution in [2.75, 3.05) is 6.61 Å². The van der Waals surface area contributed by atoms with Crippen LogP contribution in [0.15, 0.2) is 36.9 Å². The Bertz CT molecular complexity index is 1280. The van der Waals surface area contributed by atoms with Crippen LogP contribution in [0.3, 0.4) is 0 Å². The summed E-state index contributed by atoms with van der Waals surface area (Å²) >= 11 is 0. The first-order chi connectivity index (χ1) is 16.5. The Labute approximate surface area is 197 Å². The fourth-order valence-corrected chi connectivity index (χ4v) is 4.13. The summed E-state index contributed by atoms with van der Waals surface area (Å²) < 4.78 is 43.8. The van der Waals surface area contributed by atoms with Crippen molar-refractivity contribution in [2.24, 2.45) is 0 Å². The van der Waals surface area contributed by atoms with E-state index in [0.717, 1.165) is 0 Å². The minimum atomic E-state index is -4.71. The summed E-state index contributed by atoms with van der Waals surface area (Å²) in [6.45, 7) is -0.687. The lowest BCUT2D eigenvalue weighted by Crippen LogP contribution is -2.25. The number of nitrogens with zero attached hydrogens (tertiary/aromatic N) is 4. The van der Waals surface area contributed by atoms with Crippen molar-refractivity contribution in [1.82, 2.24) is 19.5 Å². The largest absolute Gasteiger partial charge is 0.471 e. The predicted molar refractivity (Wildman–Crippen MR) is 115 cm³/mol. The standard InChI is InChI=1S/C18H22N4O11P2/c23-13-5-15(33-14(13)8-32-35(27,28)29)22-10-21-16-17(22)19-9-20-18(16)30-6-11-2-1-3-12(4-11)7-31-34(24,25)26/h1-4,9-10,13-15,23H,5-8H2,(H2,24,25,26)(H2,27,28,29)/t13-,14+,15+/m0/s1. The highest BCUT2D eigenvalue weighted by molar-refractivity contribution is 7.46. The molecule has 0 aliphatic carbocycles. The van der Waals surface area contributed by atoms with E-state index in [-0.39, 0.29) is 25.5 Å². The Morgan fingerprint density at radius 1 is 1.03 bits per heavy atom. The number of hydrogen-bond donors (Lipinski definition) is 5. The SMILES string of the molecule is O=P(O)(O)OCc1cccc(COc2ncnc3c2ncn3[C@H]2C[C@H](O)[C@@H](COP(=O)(O)O)O2)c1. The van der Waals surface area contributed by atoms with Crippen LogP contribution < -0.4 is 4.74 Å². The smallest absolute Gasteiger partial charge is 0.469 e. The van der Waals surface area contributed by atoms with Crippen molar-refractivity contribution in [1.29, 1.82) is 0 Å². The predicted octanol–water partition coefficient (Wildman–Crippen LogP) is 0.772. The molecule has 0 unspecified atom stereocenters. The number of fused-ring (bicyclic) bond motifs is 1. The Balaban J connectivity index is 1.44. The van der Waals surface area contributed by atoms with Gasteiger partial charge in [0.25, 0.3) is 0 Å². The van der Waals surface area contributed by atoms with E-state index in [2.05, 4.69) is 24.0 Å². The minimum absolute atomic E-state index is 0.0726. The van der Waals surface area contributed by atoms with E-state index < -0.39 is 40.7 Å². The van der Waals surface area contributed by atoms with Crippen molar-refractivity contribution in [3.63, 3.8) is 0 Å². The molecule has 1 saturated heterocycles. The Morgan fingerprint density at radius 3 is 2.46 bits per heavy atom. The summed E-state index contributed by atoms with van der Waals surface area (Å²) in [4.78, 5) is 48.0. The maximum absolute atomic E-state index is 10.9. The molecule has 1 aliphatic rings. The fraction of sp³-hybridized carbons (Fsp3) is 0.389. The quantitative estimate of drug-likeness (QED) is 0.228. The van der Waals surface area contributed by atoms with E-state index in [1.165, 1.54) is 12.7 Å². The monoisotopic (exact) mass is 532 g/mol. The molecule has 3 heterocycles. The van der Waals surface area contributed by atoms with E-state index in [9.17, 15) is 14.2 Å². The van der Waals surface area contributed by atoms with Crippen LogP contribution in [0.25, 0.3) is 11.2 Å². The normalized spacial score (nSPS) is 21.0. The summed E-state index contributed by atoms with van der Waals surface area (Å²) in [5.74, 6) is 0.172. The van der Waals surface area contributed by atoms with E-state index in [4.69, 9.17) is 29.0 Å². The van der Waals surface area contributed by atoms with E-state index in [1.807, 2.05) is 0 Å². The number of imidazole rings is 1. The highest BCUT2D eigenvalue weighted by atomic mass is 31.2. The lowest BCUT2D eigenvalue weighted by molar-refractivity contribution is -0.0424. The molecule has 0 bridgehead atoms. The zero-order chi connectivity index (χ0) is 25.2. The first kappa shape index (κ1) is 25.8. The Morgan fingerprint density at radius 2 is 1.74 bits per heavy atom. The molecule has 4 rings (SSSR count). The zero-order valence-electron chi connectivity index (χ0n) is 17.9. The van der Waals surface area contributed by atoms with Gasteiger partial charge in [0.05, 0.1) is 25.6 Å². The second kappa shape index (κ2) is 10.4. The molecule has 3 aromatic rings. The van der Waals surface area contributed by atoms with Gasteiger partial charge in [0, 0.05) is 6.42 Å². The van der Waals surface area contributed by atoms with Gasteiger partial charge in [0.1, 0.15) is 25.3 Å². The second-order valence-corrected chi connectivity index (χ2v) is 10.1. The summed E-state index contributed by atoms with van der Waals surface area (Å²) in [6, 6.07) is 6.76. The van der Waals surface area contributed by atoms with Crippen LogP contribution in [-0.2, 0) is 36.1 Å². The molecule has 2 aromatic heterocycles. The topological polar surface area (TPSA) is 216 Å². The van der Waals surface area contributed by atoms with Gasteiger partial charge in [-0.3, -0.25) is 13.6 Å². The Hall–Kier alpha value is -2.29. The number of hydrogen-bond acceptors (Lipinski definition) is 10. The van der Waals surface area contributed by atoms with Gasteiger partial charge in [0.15, 0.2) is 11.2 Å². The molecule has 3 atom stereocenters. The first-order valence-corrected chi connectivity index (χ1v) is 13.2. The van der Waals surface area contributed by atoms with Gasteiger partial charge in [0.2, 0.25) is 5.88 Å². The fourth-order valence-electron chi connectivity index (χ4n) is 3.47. The molecule has 15 nitrogen and oxygen atoms in total. The molecule has 0 radical (unpaired) electrons. The van der Waals surface area contributed by atoms with Crippen LogP contribution in [-0.4, -0.2) is 63.0 Å². The van der Waals surface area contributed by atoms with Crippen LogP contribution in [0.2, 0.25) is 0 Å². The van der Waals surface area contributed by atoms with Gasteiger partial charge < -0.3 is 34.2 Å². The third-order valence-corrected chi connectivity index (χ3v) is 5.96. The van der Waals surface area contributed by atoms with Crippen LogP contribution in [0.4, 0.5) is 0 Å². The van der Waals surface area contributed by atoms with Crippen LogP contribution in [0, 0.1) is 0 Å². The number of aliphatic hydroxyl groups excluding tert-OH is 1. The van der Waals surface area contributed by atoms with Crippen LogP contribution in [0.5, 0.6) is 5.88 Å². The molecule has 35 heavy (non-hydrogen) atoms. The minimum Gasteiger partial charge on any atom is -0.471 e. The van der Waals surface area contributed by atoms with Gasteiger partial charge in [-0.2, -0.15) is 4.98 Å². The third-order valence-electron chi connectivity index (χ3n) is 5.01. The summed E-state index contributed by atoms with van der Waals surface area (Å²) in [7, 11) is -9.30. The molecule has 0 saturated carbocycles. The number of aliphatic hydroxyl groups is 1. The van der Waals surface area contributed by atoms with E-state index in [1.54, 1.807) is 28.8 Å². The first-order valence-electron chi connectivity index (χ1n) is 10.1. The highest BCUT2D eigenvalue weighted by Gasteiger charge is 2.37. The van der Waals surface area contributed by atoms with Crippen molar-refractivity contribution >= 4 is 26.8 Å². The molecular formula is C18H22N4O11P2. The van der Waals surface area contributed by atoms with E-state index >= 15 is 0 Å². The van der Waals surface area contributed by atoms with E-state index in [0.29, 0.717) is 22.3 Å². The molecule has 17 heteroatoms. The lowest BCUT2D eigenvalue weighted by Gasteiger charge is -2.16. The van der Waals surface area contributed by atoms with Crippen molar-refractivity contribution in [2.45, 2.75) is 38.1 Å². The maximum atomic E-state index is 10.9. The molecule has 0 spiro atoms. The molecule has 1 aliphatic heterocycles. The molecule has 1 fully saturated rings. The average Bonchev–Trinajstić information content (AvgIpc) is 3.37. The zero-order valence-corrected chi connectivity index (χ0v) is 19.7. The Kier molecular flexibility index (Phi) is 7.64. The molecule has 5 N–H and O–H groups in total. The lowest BCUT2D eigenvalue weighted by atomic mass is 10.1. The highest BCUT2D eigenvalue weighted by Crippen LogP contribution is 2.39. The van der Waals surface area contributed by atoms with Gasteiger partial charge >= 0.3 is 15.6 Å². The van der Waals surface area contributed by atoms with Crippen molar-refractivity contribution in [3.8, 4) is 5.88 Å². The van der Waals surface area contributed by atoms with Crippen LogP contribution in [0.1, 0.15) is 23.8 Å². The number of phosphoric acid groups is 2. The number of phosphoric ester groups is 2. The molecule has 1 aromatic carbocycles. The number of rotatable bonds is 10. The third kappa shape index (κ3) is 6.90. The van der Waals surface area contributed by atoms with Gasteiger partial charge in [-0.15, -0.1) is 0 Å². The number of ether oxygens (including phenoxy) is 2. The van der Waals surface area contributed by atoms with Gasteiger partial charge in [-0.25, -0.2) is 19.1 Å². The number of benzene rings is 1. The van der Waals surface area contributed by atoms with Gasteiger partial charge in [-0.1, -0.05) is 24.3 Å². The molecule has 190 valence electrons. The second-order valence-electron chi connectivity index (χ2n) is 7.59. The summed E-state index contributed by atoms with van der Waals surface area (Å²) in [5.41, 5.74) is 1.91. The van der Waals surface area contributed by atoms with Crippen molar-refractivity contribution in [3.05, 3.63) is 48.0 Å². The summed E-state index contributed by atoms with van der Waals surface area (Å²) in [5, 5.41) is 10.2. The molecular weight excluding hydrogens is 510 g/mol. The maximum Gasteiger partial charge on any atom is 0.469 e.